The summed E-state index contributed by atoms with van der Waals surface area (Å²) in [7, 11) is 0. The summed E-state index contributed by atoms with van der Waals surface area (Å²) in [6.45, 7) is 0. The summed E-state index contributed by atoms with van der Waals surface area (Å²) in [6.07, 6.45) is 0. The number of benzene rings is 13. The zero-order chi connectivity index (χ0) is 53.9. The average molecular weight is 1040 g/mol. The fourth-order valence-corrected chi connectivity index (χ4v) is 15.1. The molecule has 2 heteroatoms. The van der Waals surface area contributed by atoms with Crippen molar-refractivity contribution in [1.82, 2.24) is 4.57 Å². The Bertz CT molecular complexity index is 4840. The molecule has 1 unspecified atom stereocenters. The molecule has 0 radical (unpaired) electrons. The minimum absolute atomic E-state index is 0.594. The van der Waals surface area contributed by atoms with Crippen LogP contribution in [-0.4, -0.2) is 4.57 Å². The zero-order valence-corrected chi connectivity index (χ0v) is 44.9. The Morgan fingerprint density at radius 3 is 1.44 bits per heavy atom. The minimum atomic E-state index is -0.599. The third-order valence-electron chi connectivity index (χ3n) is 18.3. The Morgan fingerprint density at radius 2 is 0.732 bits per heavy atom. The minimum Gasteiger partial charge on any atom is -0.309 e. The van der Waals surface area contributed by atoms with Gasteiger partial charge in [0.15, 0.2) is 0 Å². The number of rotatable bonds is 8. The number of aromatic nitrogens is 1. The van der Waals surface area contributed by atoms with E-state index >= 15 is 0 Å². The molecule has 1 spiro atoms. The standard InChI is InChI=1S/C80H52N2/c1-4-25-53(26-5-1)58-31-10-11-33-60(58)65-36-15-21-44-75(65)81(57-48-50-64-61-34-12-17-39-68(61)79(73(64)52-57,55-27-6-2-7-28-55)56-29-8-3-9-30-56)74-43-20-14-32-59(74)54-47-49-63-62-35-13-18-40-69(62)80(72(63)51-54)70-41-19-23-46-77(70)82-76-45-22-16-37-66(76)67-38-24-42-71(80)78(67)82/h1-52H. The van der Waals surface area contributed by atoms with E-state index in [0.29, 0.717) is 0 Å². The van der Waals surface area contributed by atoms with E-state index in [1.165, 1.54) is 111 Å². The molecule has 82 heavy (non-hydrogen) atoms. The molecule has 1 aromatic heterocycles. The van der Waals surface area contributed by atoms with Crippen LogP contribution in [0, 0.1) is 0 Å². The van der Waals surface area contributed by atoms with Crippen LogP contribution < -0.4 is 4.90 Å². The van der Waals surface area contributed by atoms with Crippen molar-refractivity contribution >= 4 is 38.9 Å². The number of fused-ring (bicyclic) bond motifs is 15. The van der Waals surface area contributed by atoms with Gasteiger partial charge in [-0.15, -0.1) is 0 Å². The van der Waals surface area contributed by atoms with Crippen LogP contribution in [0.4, 0.5) is 17.1 Å². The van der Waals surface area contributed by atoms with Crippen molar-refractivity contribution in [2.24, 2.45) is 0 Å². The lowest BCUT2D eigenvalue weighted by atomic mass is 9.65. The van der Waals surface area contributed by atoms with E-state index in [1.54, 1.807) is 0 Å². The molecule has 2 heterocycles. The highest BCUT2D eigenvalue weighted by Gasteiger charge is 2.51. The van der Waals surface area contributed by atoms with E-state index in [9.17, 15) is 0 Å². The van der Waals surface area contributed by atoms with Gasteiger partial charge >= 0.3 is 0 Å². The number of hydrogen-bond acceptors (Lipinski definition) is 1. The monoisotopic (exact) mass is 1040 g/mol. The van der Waals surface area contributed by atoms with Crippen LogP contribution >= 0.6 is 0 Å². The maximum absolute atomic E-state index is 2.56. The molecule has 0 amide bonds. The maximum Gasteiger partial charge on any atom is 0.0754 e. The maximum atomic E-state index is 2.56. The van der Waals surface area contributed by atoms with Crippen LogP contribution in [0.2, 0.25) is 0 Å². The van der Waals surface area contributed by atoms with E-state index in [1.807, 2.05) is 0 Å². The summed E-state index contributed by atoms with van der Waals surface area (Å²) in [5, 5.41) is 2.55. The lowest BCUT2D eigenvalue weighted by Gasteiger charge is -2.39. The van der Waals surface area contributed by atoms with E-state index in [-0.39, 0.29) is 0 Å². The molecule has 14 aromatic rings. The lowest BCUT2D eigenvalue weighted by Crippen LogP contribution is -2.33. The quantitative estimate of drug-likeness (QED) is 0.147. The fraction of sp³-hybridized carbons (Fsp3) is 0.0250. The molecular weight excluding hydrogens is 989 g/mol. The second-order valence-corrected chi connectivity index (χ2v) is 22.2. The SMILES string of the molecule is c1ccc(-c2ccccc2-c2ccccc2N(c2ccc3c(c2)C(c2ccccc2)(c2ccccc2)c2ccccc2-3)c2ccccc2-c2ccc3c(c2)C2(c4ccccc4-3)c3ccccc3-n3c4ccccc4c4cccc2c43)cc1. The van der Waals surface area contributed by atoms with E-state index in [2.05, 4.69) is 325 Å². The largest absolute Gasteiger partial charge is 0.309 e. The highest BCUT2D eigenvalue weighted by atomic mass is 15.1. The second-order valence-electron chi connectivity index (χ2n) is 22.2. The van der Waals surface area contributed by atoms with Gasteiger partial charge in [-0.2, -0.15) is 0 Å². The summed E-state index contributed by atoms with van der Waals surface area (Å²) >= 11 is 0. The molecule has 1 aliphatic heterocycles. The predicted octanol–water partition coefficient (Wildman–Crippen LogP) is 20.3. The van der Waals surface area contributed by atoms with Crippen molar-refractivity contribution in [2.75, 3.05) is 4.90 Å². The van der Waals surface area contributed by atoms with E-state index in [4.69, 9.17) is 0 Å². The molecule has 382 valence electrons. The molecule has 2 aliphatic carbocycles. The summed E-state index contributed by atoms with van der Waals surface area (Å²) in [4.78, 5) is 2.56. The van der Waals surface area contributed by atoms with Gasteiger partial charge in [0.05, 0.1) is 38.9 Å². The molecule has 0 saturated heterocycles. The van der Waals surface area contributed by atoms with Crippen LogP contribution in [-0.2, 0) is 10.8 Å². The van der Waals surface area contributed by atoms with E-state index in [0.717, 1.165) is 33.8 Å². The number of para-hydroxylation sites is 5. The first-order chi connectivity index (χ1) is 40.7. The Balaban J connectivity index is 0.941. The normalized spacial score (nSPS) is 14.7. The van der Waals surface area contributed by atoms with Crippen molar-refractivity contribution in [3.8, 4) is 61.3 Å². The molecule has 0 N–H and O–H groups in total. The van der Waals surface area contributed by atoms with E-state index < -0.39 is 10.8 Å². The van der Waals surface area contributed by atoms with Gasteiger partial charge in [0.2, 0.25) is 0 Å². The number of anilines is 3. The molecule has 17 rings (SSSR count). The molecule has 13 aromatic carbocycles. The average Bonchev–Trinajstić information content (AvgIpc) is 1.61. The zero-order valence-electron chi connectivity index (χ0n) is 44.9. The predicted molar refractivity (Wildman–Crippen MR) is 340 cm³/mol. The number of hydrogen-bond donors (Lipinski definition) is 0. The van der Waals surface area contributed by atoms with Crippen molar-refractivity contribution in [3.05, 3.63) is 360 Å². The summed E-state index contributed by atoms with van der Waals surface area (Å²) in [6, 6.07) is 118. The van der Waals surface area contributed by atoms with Gasteiger partial charge in [-0.25, -0.2) is 0 Å². The summed E-state index contributed by atoms with van der Waals surface area (Å²) in [5.41, 5.74) is 28.0. The first-order valence-corrected chi connectivity index (χ1v) is 28.6. The molecule has 0 bridgehead atoms. The van der Waals surface area contributed by atoms with Crippen molar-refractivity contribution in [2.45, 2.75) is 10.8 Å². The highest BCUT2D eigenvalue weighted by molar-refractivity contribution is 6.13. The smallest absolute Gasteiger partial charge is 0.0754 e. The Kier molecular flexibility index (Phi) is 10.2. The molecule has 2 nitrogen and oxygen atoms in total. The molecule has 0 fully saturated rings. The molecule has 0 saturated carbocycles. The summed E-state index contributed by atoms with van der Waals surface area (Å²) < 4.78 is 2.53. The van der Waals surface area contributed by atoms with Gasteiger partial charge in [0.25, 0.3) is 0 Å². The highest BCUT2D eigenvalue weighted by Crippen LogP contribution is 2.63. The van der Waals surface area contributed by atoms with Gasteiger partial charge in [-0.1, -0.05) is 273 Å². The lowest BCUT2D eigenvalue weighted by molar-refractivity contribution is 0.749. The van der Waals surface area contributed by atoms with Crippen molar-refractivity contribution in [1.29, 1.82) is 0 Å². The molecular formula is C80H52N2. The Hall–Kier alpha value is -10.5. The third kappa shape index (κ3) is 6.35. The molecule has 1 atom stereocenters. The fourth-order valence-electron chi connectivity index (χ4n) is 15.1. The van der Waals surface area contributed by atoms with Gasteiger partial charge in [0, 0.05) is 27.6 Å². The second kappa shape index (κ2) is 18.0. The molecule has 3 aliphatic rings. The van der Waals surface area contributed by atoms with Gasteiger partial charge in [-0.05, 0) is 131 Å². The summed E-state index contributed by atoms with van der Waals surface area (Å²) in [5.74, 6) is 0. The topological polar surface area (TPSA) is 8.17 Å². The first-order valence-electron chi connectivity index (χ1n) is 28.6. The Labute approximate surface area is 477 Å². The van der Waals surface area contributed by atoms with Crippen molar-refractivity contribution in [3.63, 3.8) is 0 Å². The van der Waals surface area contributed by atoms with Crippen LogP contribution in [0.5, 0.6) is 0 Å². The van der Waals surface area contributed by atoms with Crippen molar-refractivity contribution < 1.29 is 0 Å². The van der Waals surface area contributed by atoms with Gasteiger partial charge in [0.1, 0.15) is 0 Å². The first kappa shape index (κ1) is 46.4. The third-order valence-corrected chi connectivity index (χ3v) is 18.3. The van der Waals surface area contributed by atoms with Gasteiger partial charge in [-0.3, -0.25) is 0 Å². The van der Waals surface area contributed by atoms with Crippen LogP contribution in [0.25, 0.3) is 83.1 Å². The number of nitrogens with zero attached hydrogens (tertiary/aromatic N) is 2. The van der Waals surface area contributed by atoms with Gasteiger partial charge < -0.3 is 9.47 Å². The van der Waals surface area contributed by atoms with Crippen LogP contribution in [0.3, 0.4) is 0 Å². The van der Waals surface area contributed by atoms with Crippen LogP contribution in [0.1, 0.15) is 44.5 Å². The van der Waals surface area contributed by atoms with Crippen LogP contribution in [0.15, 0.2) is 315 Å². The Morgan fingerprint density at radius 1 is 0.256 bits per heavy atom.